The normalized spacial score (nSPS) is 12.4. The van der Waals surface area contributed by atoms with Crippen molar-refractivity contribution >= 4 is 23.0 Å². The van der Waals surface area contributed by atoms with E-state index in [1.807, 2.05) is 67.6 Å². The molecule has 0 bridgehead atoms. The molecule has 0 spiro atoms. The van der Waals surface area contributed by atoms with Crippen molar-refractivity contribution in [1.29, 1.82) is 0 Å². The number of hydrogen-bond acceptors (Lipinski definition) is 8. The number of carbonyl (C=O) groups is 2. The lowest BCUT2D eigenvalue weighted by Gasteiger charge is -2.33. The van der Waals surface area contributed by atoms with Crippen LogP contribution >= 0.6 is 0 Å². The zero-order valence-electron chi connectivity index (χ0n) is 26.8. The van der Waals surface area contributed by atoms with Crippen molar-refractivity contribution in [1.82, 2.24) is 15.0 Å². The smallest absolute Gasteiger partial charge is 0.416 e. The quantitative estimate of drug-likeness (QED) is 0.0880. The second-order valence-corrected chi connectivity index (χ2v) is 11.8. The van der Waals surface area contributed by atoms with Gasteiger partial charge in [0.25, 0.3) is 0 Å². The number of alkyl halides is 3. The van der Waals surface area contributed by atoms with Gasteiger partial charge in [-0.3, -0.25) is 4.79 Å². The van der Waals surface area contributed by atoms with E-state index in [2.05, 4.69) is 16.8 Å². The number of phenols is 1. The van der Waals surface area contributed by atoms with Crippen LogP contribution in [0.25, 0.3) is 16.7 Å². The third kappa shape index (κ3) is 7.81. The number of aliphatic hydroxyl groups excluding tert-OH is 1. The van der Waals surface area contributed by atoms with Gasteiger partial charge in [0.05, 0.1) is 5.56 Å². The third-order valence-electron chi connectivity index (χ3n) is 8.12. The molecule has 49 heavy (non-hydrogen) atoms. The lowest BCUT2D eigenvalue weighted by Crippen LogP contribution is -2.26. The standard InChI is InChI=1S/C37H34F3N3O6/c1-23(2)35(47)49-22-28(44)21-48-33(45)17-14-24-18-29(36(3,25-10-6-4-7-11-25)26-12-8-5-9-13-26)34(46)32(19-24)43-41-30-16-15-27(37(38,39)40)20-31(30)42-43/h4-13,15-16,18-20,28,44,46H,1,14,17,21-22H2,2-3H3. The second-order valence-electron chi connectivity index (χ2n) is 11.8. The van der Waals surface area contributed by atoms with Gasteiger partial charge in [0, 0.05) is 23.0 Å². The molecule has 1 unspecified atom stereocenters. The Morgan fingerprint density at radius 1 is 0.857 bits per heavy atom. The summed E-state index contributed by atoms with van der Waals surface area (Å²) >= 11 is 0. The number of halogens is 3. The Morgan fingerprint density at radius 3 is 2.04 bits per heavy atom. The Morgan fingerprint density at radius 2 is 1.45 bits per heavy atom. The summed E-state index contributed by atoms with van der Waals surface area (Å²) < 4.78 is 50.4. The van der Waals surface area contributed by atoms with E-state index >= 15 is 0 Å². The van der Waals surface area contributed by atoms with Crippen LogP contribution in [-0.2, 0) is 37.1 Å². The van der Waals surface area contributed by atoms with Gasteiger partial charge >= 0.3 is 18.1 Å². The summed E-state index contributed by atoms with van der Waals surface area (Å²) in [6, 6.07) is 25.3. The first-order valence-electron chi connectivity index (χ1n) is 15.4. The molecule has 0 amide bonds. The van der Waals surface area contributed by atoms with Gasteiger partial charge in [0.15, 0.2) is 0 Å². The van der Waals surface area contributed by atoms with Gasteiger partial charge in [-0.05, 0) is 61.2 Å². The molecular weight excluding hydrogens is 639 g/mol. The number of benzene rings is 4. The zero-order chi connectivity index (χ0) is 35.3. The molecule has 254 valence electrons. The molecule has 9 nitrogen and oxygen atoms in total. The summed E-state index contributed by atoms with van der Waals surface area (Å²) in [7, 11) is 0. The summed E-state index contributed by atoms with van der Waals surface area (Å²) in [5.74, 6) is -1.52. The molecule has 0 aliphatic carbocycles. The van der Waals surface area contributed by atoms with Gasteiger partial charge in [-0.25, -0.2) is 4.79 Å². The Hall–Kier alpha value is -5.49. The molecule has 5 rings (SSSR count). The molecular formula is C37H34F3N3O6. The molecule has 12 heteroatoms. The van der Waals surface area contributed by atoms with Crippen molar-refractivity contribution in [3.05, 3.63) is 131 Å². The molecule has 1 aromatic heterocycles. The first-order valence-corrected chi connectivity index (χ1v) is 15.4. The molecule has 0 aliphatic heterocycles. The van der Waals surface area contributed by atoms with E-state index < -0.39 is 41.8 Å². The number of phenolic OH excluding ortho intramolecular Hbond substituents is 1. The molecule has 0 radical (unpaired) electrons. The monoisotopic (exact) mass is 673 g/mol. The molecule has 2 N–H and O–H groups in total. The summed E-state index contributed by atoms with van der Waals surface area (Å²) in [5.41, 5.74) is 1.29. The van der Waals surface area contributed by atoms with Gasteiger partial charge in [0.1, 0.15) is 41.8 Å². The highest BCUT2D eigenvalue weighted by atomic mass is 19.4. The maximum atomic E-state index is 13.4. The average Bonchev–Trinajstić information content (AvgIpc) is 3.52. The molecule has 0 saturated heterocycles. The first-order chi connectivity index (χ1) is 23.3. The number of fused-ring (bicyclic) bond motifs is 1. The fourth-order valence-electron chi connectivity index (χ4n) is 5.43. The number of esters is 2. The van der Waals surface area contributed by atoms with Crippen molar-refractivity contribution in [3.8, 4) is 11.4 Å². The van der Waals surface area contributed by atoms with E-state index in [1.54, 1.807) is 12.1 Å². The van der Waals surface area contributed by atoms with Crippen LogP contribution in [0, 0.1) is 0 Å². The van der Waals surface area contributed by atoms with E-state index in [9.17, 15) is 33.0 Å². The lowest BCUT2D eigenvalue weighted by molar-refractivity contribution is -0.150. The number of aromatic nitrogens is 3. The largest absolute Gasteiger partial charge is 0.505 e. The highest BCUT2D eigenvalue weighted by Crippen LogP contribution is 2.45. The van der Waals surface area contributed by atoms with E-state index in [0.717, 1.165) is 28.1 Å². The molecule has 4 aromatic carbocycles. The number of carbonyl (C=O) groups excluding carboxylic acids is 2. The first kappa shape index (κ1) is 34.8. The van der Waals surface area contributed by atoms with Crippen LogP contribution in [0.4, 0.5) is 13.2 Å². The van der Waals surface area contributed by atoms with Crippen LogP contribution < -0.4 is 0 Å². The Balaban J connectivity index is 1.53. The van der Waals surface area contributed by atoms with Crippen molar-refractivity contribution in [2.24, 2.45) is 0 Å². The van der Waals surface area contributed by atoms with Crippen LogP contribution in [0.3, 0.4) is 0 Å². The van der Waals surface area contributed by atoms with Gasteiger partial charge in [-0.2, -0.15) is 13.2 Å². The van der Waals surface area contributed by atoms with Crippen LogP contribution in [0.15, 0.2) is 103 Å². The molecule has 5 aromatic rings. The molecule has 1 heterocycles. The summed E-state index contributed by atoms with van der Waals surface area (Å²) in [4.78, 5) is 25.4. The predicted molar refractivity (Wildman–Crippen MR) is 175 cm³/mol. The van der Waals surface area contributed by atoms with Crippen molar-refractivity contribution in [3.63, 3.8) is 0 Å². The summed E-state index contributed by atoms with van der Waals surface area (Å²) in [6.07, 6.45) is -5.83. The van der Waals surface area contributed by atoms with Crippen LogP contribution in [0.1, 0.15) is 48.1 Å². The van der Waals surface area contributed by atoms with Crippen LogP contribution in [0.2, 0.25) is 0 Å². The topological polar surface area (TPSA) is 124 Å². The van der Waals surface area contributed by atoms with Crippen molar-refractivity contribution < 1.29 is 42.4 Å². The minimum absolute atomic E-state index is 0.0221. The van der Waals surface area contributed by atoms with E-state index in [0.29, 0.717) is 11.1 Å². The van der Waals surface area contributed by atoms with E-state index in [4.69, 9.17) is 9.47 Å². The van der Waals surface area contributed by atoms with Crippen molar-refractivity contribution in [2.45, 2.75) is 44.4 Å². The predicted octanol–water partition coefficient (Wildman–Crippen LogP) is 6.46. The Bertz CT molecular complexity index is 1940. The minimum Gasteiger partial charge on any atom is -0.505 e. The minimum atomic E-state index is -4.58. The number of ether oxygens (including phenoxy) is 2. The maximum Gasteiger partial charge on any atom is 0.416 e. The maximum absolute atomic E-state index is 13.4. The third-order valence-corrected chi connectivity index (χ3v) is 8.12. The highest BCUT2D eigenvalue weighted by molar-refractivity contribution is 5.86. The van der Waals surface area contributed by atoms with Gasteiger partial charge in [-0.15, -0.1) is 15.0 Å². The van der Waals surface area contributed by atoms with E-state index in [-0.39, 0.29) is 47.5 Å². The van der Waals surface area contributed by atoms with Gasteiger partial charge < -0.3 is 19.7 Å². The Kier molecular flexibility index (Phi) is 10.2. The fourth-order valence-corrected chi connectivity index (χ4v) is 5.43. The molecule has 1 atom stereocenters. The average molecular weight is 674 g/mol. The lowest BCUT2D eigenvalue weighted by atomic mass is 9.70. The highest BCUT2D eigenvalue weighted by Gasteiger charge is 2.36. The molecule has 0 fully saturated rings. The summed E-state index contributed by atoms with van der Waals surface area (Å²) in [6.45, 7) is 6.09. The number of aliphatic hydroxyl groups is 1. The molecule has 0 saturated carbocycles. The zero-order valence-corrected chi connectivity index (χ0v) is 26.8. The number of aromatic hydroxyl groups is 1. The second kappa shape index (κ2) is 14.3. The molecule has 0 aliphatic rings. The summed E-state index contributed by atoms with van der Waals surface area (Å²) in [5, 5.41) is 30.7. The van der Waals surface area contributed by atoms with Crippen LogP contribution in [0.5, 0.6) is 5.75 Å². The van der Waals surface area contributed by atoms with E-state index in [1.165, 1.54) is 13.0 Å². The number of rotatable bonds is 12. The van der Waals surface area contributed by atoms with Crippen molar-refractivity contribution in [2.75, 3.05) is 13.2 Å². The SMILES string of the molecule is C=C(C)C(=O)OCC(O)COC(=O)CCc1cc(-n2nc3ccc(C(F)(F)F)cc3n2)c(O)c(C(C)(c2ccccc2)c2ccccc2)c1. The Labute approximate surface area is 280 Å². The number of hydrogen-bond donors (Lipinski definition) is 2. The number of nitrogens with zero attached hydrogens (tertiary/aromatic N) is 3. The fraction of sp³-hybridized carbons (Fsp3) is 0.243. The van der Waals surface area contributed by atoms with Gasteiger partial charge in [-0.1, -0.05) is 73.3 Å². The number of aryl methyl sites for hydroxylation is 1. The van der Waals surface area contributed by atoms with Gasteiger partial charge in [0.2, 0.25) is 0 Å². The van der Waals surface area contributed by atoms with Crippen LogP contribution in [-0.4, -0.2) is 56.5 Å².